The molecule has 0 spiro atoms. The number of hydrogen-bond acceptors (Lipinski definition) is 3. The Morgan fingerprint density at radius 1 is 1.35 bits per heavy atom. The van der Waals surface area contributed by atoms with Gasteiger partial charge in [-0.25, -0.2) is 0 Å². The van der Waals surface area contributed by atoms with Crippen LogP contribution in [0.3, 0.4) is 0 Å². The van der Waals surface area contributed by atoms with Gasteiger partial charge in [-0.05, 0) is 13.3 Å². The van der Waals surface area contributed by atoms with Crippen LogP contribution in [0.25, 0.3) is 0 Å². The predicted octanol–water partition coefficient (Wildman–Crippen LogP) is 2.99. The molecule has 2 nitrogen and oxygen atoms in total. The van der Waals surface area contributed by atoms with Crippen molar-refractivity contribution >= 4 is 11.8 Å². The third-order valence-electron chi connectivity index (χ3n) is 1.95. The fourth-order valence-electron chi connectivity index (χ4n) is 0.950. The summed E-state index contributed by atoms with van der Waals surface area (Å²) in [7, 11) is 0. The lowest BCUT2D eigenvalue weighted by atomic mass is 10.1. The van der Waals surface area contributed by atoms with E-state index >= 15 is 0 Å². The predicted molar refractivity (Wildman–Crippen MR) is 61.4 cm³/mol. The van der Waals surface area contributed by atoms with Gasteiger partial charge < -0.3 is 4.74 Å². The van der Waals surface area contributed by atoms with Crippen molar-refractivity contribution in [3.05, 3.63) is 0 Å². The highest BCUT2D eigenvalue weighted by Crippen LogP contribution is 2.31. The van der Waals surface area contributed by atoms with Crippen LogP contribution >= 0.6 is 11.8 Å². The van der Waals surface area contributed by atoms with Gasteiger partial charge in [0.25, 0.3) is 0 Å². The van der Waals surface area contributed by atoms with E-state index in [1.807, 2.05) is 6.07 Å². The van der Waals surface area contributed by atoms with Crippen LogP contribution in [0.15, 0.2) is 0 Å². The van der Waals surface area contributed by atoms with Crippen molar-refractivity contribution in [2.75, 3.05) is 19.0 Å². The lowest BCUT2D eigenvalue weighted by molar-refractivity contribution is -0.129. The molecule has 1 unspecified atom stereocenters. The van der Waals surface area contributed by atoms with Crippen LogP contribution in [-0.4, -0.2) is 29.9 Å². The molecule has 0 N–H and O–H groups in total. The highest BCUT2D eigenvalue weighted by molar-refractivity contribution is 8.00. The molecule has 0 saturated heterocycles. The summed E-state index contributed by atoms with van der Waals surface area (Å²) in [6.07, 6.45) is 0.258. The zero-order chi connectivity index (χ0) is 13.4. The van der Waals surface area contributed by atoms with Crippen LogP contribution in [0.1, 0.15) is 19.8 Å². The van der Waals surface area contributed by atoms with Gasteiger partial charge >= 0.3 is 6.18 Å². The Bertz CT molecular complexity index is 305. The number of hydrogen-bond donors (Lipinski definition) is 0. The summed E-state index contributed by atoms with van der Waals surface area (Å²) in [4.78, 5) is 0. The second-order valence-corrected chi connectivity index (χ2v) is 5.16. The van der Waals surface area contributed by atoms with E-state index in [9.17, 15) is 13.2 Å². The van der Waals surface area contributed by atoms with Crippen LogP contribution in [0.5, 0.6) is 0 Å². The van der Waals surface area contributed by atoms with Crippen LogP contribution in [-0.2, 0) is 4.74 Å². The van der Waals surface area contributed by atoms with Gasteiger partial charge in [0.1, 0.15) is 11.4 Å². The average Bonchev–Trinajstić information content (AvgIpc) is 2.23. The SMILES string of the molecule is C#CCOCCC(C)(C#N)SCCC(F)(F)F. The Balaban J connectivity index is 3.95. The van der Waals surface area contributed by atoms with Gasteiger partial charge in [-0.3, -0.25) is 0 Å². The molecule has 0 aliphatic heterocycles. The molecule has 0 heterocycles. The first-order valence-electron chi connectivity index (χ1n) is 4.96. The maximum absolute atomic E-state index is 11.9. The highest BCUT2D eigenvalue weighted by Gasteiger charge is 2.30. The lowest BCUT2D eigenvalue weighted by Gasteiger charge is -2.20. The number of halogens is 3. The van der Waals surface area contributed by atoms with Gasteiger partial charge in [-0.2, -0.15) is 18.4 Å². The second kappa shape index (κ2) is 7.47. The minimum absolute atomic E-state index is 0.122. The van der Waals surface area contributed by atoms with Crippen LogP contribution < -0.4 is 0 Å². The van der Waals surface area contributed by atoms with E-state index in [0.29, 0.717) is 6.42 Å². The van der Waals surface area contributed by atoms with E-state index in [4.69, 9.17) is 16.4 Å². The van der Waals surface area contributed by atoms with Crippen molar-refractivity contribution in [3.63, 3.8) is 0 Å². The second-order valence-electron chi connectivity index (χ2n) is 3.56. The lowest BCUT2D eigenvalue weighted by Crippen LogP contribution is -2.22. The summed E-state index contributed by atoms with van der Waals surface area (Å²) in [6, 6.07) is 2.01. The quantitative estimate of drug-likeness (QED) is 0.524. The minimum atomic E-state index is -4.18. The van der Waals surface area contributed by atoms with E-state index < -0.39 is 17.3 Å². The summed E-state index contributed by atoms with van der Waals surface area (Å²) < 4.78 is 40.0. The first kappa shape index (κ1) is 16.1. The highest BCUT2D eigenvalue weighted by atomic mass is 32.2. The first-order valence-corrected chi connectivity index (χ1v) is 5.95. The van der Waals surface area contributed by atoms with Crippen LogP contribution in [0.2, 0.25) is 0 Å². The molecule has 0 saturated carbocycles. The Morgan fingerprint density at radius 3 is 2.47 bits per heavy atom. The standard InChI is InChI=1S/C11H14F3NOS/c1-3-6-16-7-4-10(2,9-15)17-8-5-11(12,13)14/h1H,4-8H2,2H3. The molecule has 0 radical (unpaired) electrons. The summed E-state index contributed by atoms with van der Waals surface area (Å²) in [5.74, 6) is 2.15. The molecule has 1 atom stereocenters. The zero-order valence-electron chi connectivity index (χ0n) is 9.51. The molecule has 17 heavy (non-hydrogen) atoms. The van der Waals surface area contributed by atoms with Gasteiger partial charge in [0.2, 0.25) is 0 Å². The summed E-state index contributed by atoms with van der Waals surface area (Å²) in [6.45, 7) is 2.02. The molecular formula is C11H14F3NOS. The van der Waals surface area contributed by atoms with Gasteiger partial charge in [-0.1, -0.05) is 5.92 Å². The fourth-order valence-corrected chi connectivity index (χ4v) is 2.03. The van der Waals surface area contributed by atoms with Gasteiger partial charge in [-0.15, -0.1) is 18.2 Å². The molecule has 0 aromatic rings. The Hall–Kier alpha value is -0.850. The van der Waals surface area contributed by atoms with Crippen molar-refractivity contribution in [1.82, 2.24) is 0 Å². The van der Waals surface area contributed by atoms with E-state index in [-0.39, 0.29) is 19.0 Å². The number of thioether (sulfide) groups is 1. The Labute approximate surface area is 104 Å². The number of nitriles is 1. The maximum Gasteiger partial charge on any atom is 0.389 e. The monoisotopic (exact) mass is 265 g/mol. The smallest absolute Gasteiger partial charge is 0.369 e. The number of rotatable bonds is 7. The third kappa shape index (κ3) is 8.91. The largest absolute Gasteiger partial charge is 0.389 e. The van der Waals surface area contributed by atoms with E-state index in [2.05, 4.69) is 5.92 Å². The fraction of sp³-hybridized carbons (Fsp3) is 0.727. The van der Waals surface area contributed by atoms with E-state index in [0.717, 1.165) is 11.8 Å². The van der Waals surface area contributed by atoms with Crippen molar-refractivity contribution in [2.45, 2.75) is 30.7 Å². The number of alkyl halides is 3. The number of terminal acetylenes is 1. The molecule has 6 heteroatoms. The van der Waals surface area contributed by atoms with Crippen molar-refractivity contribution in [1.29, 1.82) is 5.26 Å². The van der Waals surface area contributed by atoms with Crippen LogP contribution in [0.4, 0.5) is 13.2 Å². The molecule has 0 amide bonds. The Kier molecular flexibility index (Phi) is 7.10. The molecule has 0 aromatic carbocycles. The average molecular weight is 265 g/mol. The van der Waals surface area contributed by atoms with Crippen LogP contribution in [0, 0.1) is 23.7 Å². The van der Waals surface area contributed by atoms with Gasteiger partial charge in [0, 0.05) is 5.75 Å². The molecule has 0 bridgehead atoms. The third-order valence-corrected chi connectivity index (χ3v) is 3.29. The molecule has 0 fully saturated rings. The molecule has 0 rings (SSSR count). The number of nitrogens with zero attached hydrogens (tertiary/aromatic N) is 1. The normalized spacial score (nSPS) is 14.7. The number of ether oxygens (including phenoxy) is 1. The first-order chi connectivity index (χ1) is 7.83. The van der Waals surface area contributed by atoms with Gasteiger partial charge in [0.15, 0.2) is 0 Å². The van der Waals surface area contributed by atoms with Crippen molar-refractivity contribution in [2.24, 2.45) is 0 Å². The van der Waals surface area contributed by atoms with Crippen molar-refractivity contribution in [3.8, 4) is 18.4 Å². The summed E-state index contributed by atoms with van der Waals surface area (Å²) >= 11 is 0.996. The molecule has 0 aliphatic rings. The molecular weight excluding hydrogens is 251 g/mol. The van der Waals surface area contributed by atoms with E-state index in [1.54, 1.807) is 6.92 Å². The molecule has 96 valence electrons. The maximum atomic E-state index is 11.9. The summed E-state index contributed by atoms with van der Waals surface area (Å²) in [5.41, 5.74) is 0. The zero-order valence-corrected chi connectivity index (χ0v) is 10.3. The Morgan fingerprint density at radius 2 is 2.00 bits per heavy atom. The summed E-state index contributed by atoms with van der Waals surface area (Å²) in [5, 5.41) is 8.92. The van der Waals surface area contributed by atoms with E-state index in [1.165, 1.54) is 0 Å². The topological polar surface area (TPSA) is 33.0 Å². The molecule has 0 aromatic heterocycles. The van der Waals surface area contributed by atoms with Crippen molar-refractivity contribution < 1.29 is 17.9 Å². The minimum Gasteiger partial charge on any atom is -0.369 e. The molecule has 0 aliphatic carbocycles. The van der Waals surface area contributed by atoms with Gasteiger partial charge in [0.05, 0.1) is 19.1 Å².